The van der Waals surface area contributed by atoms with Crippen molar-refractivity contribution < 1.29 is 13.5 Å². The number of fused-ring (bicyclic) bond motifs is 1. The molecule has 0 radical (unpaired) electrons. The minimum absolute atomic E-state index is 0.194. The summed E-state index contributed by atoms with van der Waals surface area (Å²) in [5, 5.41) is 0.510. The van der Waals surface area contributed by atoms with Gasteiger partial charge in [-0.3, -0.25) is 0 Å². The molecule has 0 saturated heterocycles. The second-order valence-corrected chi connectivity index (χ2v) is 4.99. The van der Waals surface area contributed by atoms with E-state index in [0.717, 1.165) is 36.9 Å². The SMILES string of the molecule is FC(F)COCCc1nc(Cl)c2c(n1)CCCCC2. The van der Waals surface area contributed by atoms with Gasteiger partial charge in [-0.2, -0.15) is 0 Å². The summed E-state index contributed by atoms with van der Waals surface area (Å²) in [5.41, 5.74) is 2.07. The molecule has 1 aromatic heterocycles. The summed E-state index contributed by atoms with van der Waals surface area (Å²) in [6.07, 6.45) is 3.24. The summed E-state index contributed by atoms with van der Waals surface area (Å²) in [7, 11) is 0. The molecule has 1 aliphatic carbocycles. The summed E-state index contributed by atoms with van der Waals surface area (Å²) in [5.74, 6) is 0.583. The van der Waals surface area contributed by atoms with Crippen LogP contribution in [0.15, 0.2) is 0 Å². The number of ether oxygens (including phenoxy) is 1. The topological polar surface area (TPSA) is 35.0 Å². The van der Waals surface area contributed by atoms with Gasteiger partial charge in [0.05, 0.1) is 6.61 Å². The van der Waals surface area contributed by atoms with Crippen molar-refractivity contribution in [2.24, 2.45) is 0 Å². The van der Waals surface area contributed by atoms with Crippen LogP contribution in [0, 0.1) is 0 Å². The Morgan fingerprint density at radius 2 is 1.95 bits per heavy atom. The van der Waals surface area contributed by atoms with E-state index >= 15 is 0 Å². The second kappa shape index (κ2) is 7.10. The van der Waals surface area contributed by atoms with Crippen LogP contribution in [0.3, 0.4) is 0 Å². The average Bonchev–Trinajstić information content (AvgIpc) is 2.60. The lowest BCUT2D eigenvalue weighted by atomic mass is 10.1. The van der Waals surface area contributed by atoms with Gasteiger partial charge in [0.15, 0.2) is 0 Å². The fourth-order valence-corrected chi connectivity index (χ4v) is 2.52. The highest BCUT2D eigenvalue weighted by Crippen LogP contribution is 2.24. The van der Waals surface area contributed by atoms with E-state index in [4.69, 9.17) is 16.3 Å². The summed E-state index contributed by atoms with van der Waals surface area (Å²) < 4.78 is 28.7. The smallest absolute Gasteiger partial charge is 0.261 e. The molecule has 106 valence electrons. The molecule has 0 aromatic carbocycles. The quantitative estimate of drug-likeness (QED) is 0.474. The molecule has 3 nitrogen and oxygen atoms in total. The second-order valence-electron chi connectivity index (χ2n) is 4.63. The molecule has 0 N–H and O–H groups in total. The van der Waals surface area contributed by atoms with Gasteiger partial charge < -0.3 is 4.74 Å². The van der Waals surface area contributed by atoms with Crippen LogP contribution in [-0.2, 0) is 24.0 Å². The van der Waals surface area contributed by atoms with Gasteiger partial charge in [0.1, 0.15) is 17.6 Å². The Bertz CT molecular complexity index is 429. The molecule has 0 unspecified atom stereocenters. The Morgan fingerprint density at radius 1 is 1.16 bits per heavy atom. The van der Waals surface area contributed by atoms with Crippen LogP contribution in [0.2, 0.25) is 5.15 Å². The van der Waals surface area contributed by atoms with Gasteiger partial charge in [0.2, 0.25) is 0 Å². The zero-order valence-electron chi connectivity index (χ0n) is 10.7. The lowest BCUT2D eigenvalue weighted by molar-refractivity contribution is 0.0182. The van der Waals surface area contributed by atoms with Crippen molar-refractivity contribution in [3.8, 4) is 0 Å². The van der Waals surface area contributed by atoms with E-state index in [0.29, 0.717) is 17.4 Å². The number of aryl methyl sites for hydroxylation is 1. The Morgan fingerprint density at radius 3 is 2.74 bits per heavy atom. The van der Waals surface area contributed by atoms with Gasteiger partial charge in [-0.15, -0.1) is 0 Å². The van der Waals surface area contributed by atoms with Crippen molar-refractivity contribution in [2.45, 2.75) is 45.0 Å². The Balaban J connectivity index is 1.98. The van der Waals surface area contributed by atoms with Crippen molar-refractivity contribution in [2.75, 3.05) is 13.2 Å². The monoisotopic (exact) mass is 290 g/mol. The summed E-state index contributed by atoms with van der Waals surface area (Å²) in [4.78, 5) is 8.72. The van der Waals surface area contributed by atoms with Crippen LogP contribution in [0.5, 0.6) is 0 Å². The van der Waals surface area contributed by atoms with E-state index in [1.807, 2.05) is 0 Å². The molecule has 1 aromatic rings. The van der Waals surface area contributed by atoms with Gasteiger partial charge in [0, 0.05) is 17.7 Å². The minimum atomic E-state index is -2.43. The molecule has 19 heavy (non-hydrogen) atoms. The molecule has 0 saturated carbocycles. The van der Waals surface area contributed by atoms with Crippen LogP contribution in [0.25, 0.3) is 0 Å². The number of aromatic nitrogens is 2. The molecule has 0 fully saturated rings. The lowest BCUT2D eigenvalue weighted by Gasteiger charge is -2.09. The number of hydrogen-bond donors (Lipinski definition) is 0. The van der Waals surface area contributed by atoms with Gasteiger partial charge in [-0.25, -0.2) is 18.7 Å². The lowest BCUT2D eigenvalue weighted by Crippen LogP contribution is -2.10. The first-order chi connectivity index (χ1) is 9.16. The Kier molecular flexibility index (Phi) is 5.45. The minimum Gasteiger partial charge on any atom is -0.375 e. The molecule has 0 spiro atoms. The standard InChI is InChI=1S/C13H17ClF2N2O/c14-13-9-4-2-1-3-5-10(9)17-12(18-13)6-7-19-8-11(15)16/h11H,1-8H2. The van der Waals surface area contributed by atoms with Gasteiger partial charge >= 0.3 is 0 Å². The molecule has 0 amide bonds. The van der Waals surface area contributed by atoms with Gasteiger partial charge in [-0.05, 0) is 25.7 Å². The highest BCUT2D eigenvalue weighted by atomic mass is 35.5. The van der Waals surface area contributed by atoms with E-state index < -0.39 is 13.0 Å². The highest BCUT2D eigenvalue weighted by molar-refractivity contribution is 6.30. The zero-order chi connectivity index (χ0) is 13.7. The molecule has 2 rings (SSSR count). The van der Waals surface area contributed by atoms with Crippen molar-refractivity contribution in [1.29, 1.82) is 0 Å². The number of nitrogens with zero attached hydrogens (tertiary/aromatic N) is 2. The predicted octanol–water partition coefficient (Wildman–Crippen LogP) is 3.22. The molecular formula is C13H17ClF2N2O. The maximum absolute atomic E-state index is 11.9. The number of alkyl halides is 2. The third-order valence-electron chi connectivity index (χ3n) is 3.14. The van der Waals surface area contributed by atoms with E-state index in [1.54, 1.807) is 0 Å². The normalized spacial score (nSPS) is 15.4. The Labute approximate surface area is 116 Å². The fourth-order valence-electron chi connectivity index (χ4n) is 2.22. The predicted molar refractivity (Wildman–Crippen MR) is 68.8 cm³/mol. The first-order valence-corrected chi connectivity index (χ1v) is 6.94. The van der Waals surface area contributed by atoms with Crippen LogP contribution >= 0.6 is 11.6 Å². The third kappa shape index (κ3) is 4.35. The first kappa shape index (κ1) is 14.6. The first-order valence-electron chi connectivity index (χ1n) is 6.57. The molecule has 1 aliphatic rings. The molecule has 6 heteroatoms. The molecule has 0 bridgehead atoms. The largest absolute Gasteiger partial charge is 0.375 e. The zero-order valence-corrected chi connectivity index (χ0v) is 11.4. The van der Waals surface area contributed by atoms with Gasteiger partial charge in [-0.1, -0.05) is 18.0 Å². The van der Waals surface area contributed by atoms with Crippen molar-refractivity contribution in [3.63, 3.8) is 0 Å². The van der Waals surface area contributed by atoms with Crippen LogP contribution in [0.1, 0.15) is 36.3 Å². The van der Waals surface area contributed by atoms with Crippen LogP contribution < -0.4 is 0 Å². The van der Waals surface area contributed by atoms with Crippen LogP contribution in [-0.4, -0.2) is 29.6 Å². The average molecular weight is 291 g/mol. The summed E-state index contributed by atoms with van der Waals surface area (Å²) >= 11 is 6.17. The maximum Gasteiger partial charge on any atom is 0.261 e. The summed E-state index contributed by atoms with van der Waals surface area (Å²) in [6, 6.07) is 0. The summed E-state index contributed by atoms with van der Waals surface area (Å²) in [6.45, 7) is -0.349. The highest BCUT2D eigenvalue weighted by Gasteiger charge is 2.15. The maximum atomic E-state index is 11.9. The van der Waals surface area contributed by atoms with E-state index in [1.165, 1.54) is 6.42 Å². The number of halogens is 3. The van der Waals surface area contributed by atoms with Crippen molar-refractivity contribution in [3.05, 3.63) is 22.2 Å². The van der Waals surface area contributed by atoms with E-state index in [2.05, 4.69) is 9.97 Å². The fraction of sp³-hybridized carbons (Fsp3) is 0.692. The third-order valence-corrected chi connectivity index (χ3v) is 3.46. The number of hydrogen-bond acceptors (Lipinski definition) is 3. The molecule has 1 heterocycles. The molecule has 0 aliphatic heterocycles. The molecule has 0 atom stereocenters. The van der Waals surface area contributed by atoms with E-state index in [-0.39, 0.29) is 6.61 Å². The van der Waals surface area contributed by atoms with E-state index in [9.17, 15) is 8.78 Å². The van der Waals surface area contributed by atoms with Crippen molar-refractivity contribution in [1.82, 2.24) is 9.97 Å². The van der Waals surface area contributed by atoms with Crippen LogP contribution in [0.4, 0.5) is 8.78 Å². The molecular weight excluding hydrogens is 274 g/mol. The Hall–Kier alpha value is -0.810. The number of rotatable bonds is 5. The van der Waals surface area contributed by atoms with Gasteiger partial charge in [0.25, 0.3) is 6.43 Å². The van der Waals surface area contributed by atoms with Crippen molar-refractivity contribution >= 4 is 11.6 Å².